The molecule has 0 aliphatic heterocycles. The van der Waals surface area contributed by atoms with E-state index in [2.05, 4.69) is 11.6 Å². The predicted molar refractivity (Wildman–Crippen MR) is 68.6 cm³/mol. The van der Waals surface area contributed by atoms with Gasteiger partial charge in [0.25, 0.3) is 0 Å². The van der Waals surface area contributed by atoms with Gasteiger partial charge in [-0.05, 0) is 31.8 Å². The number of hydrogen-bond acceptors (Lipinski definition) is 2. The van der Waals surface area contributed by atoms with E-state index < -0.39 is 0 Å². The number of urea groups is 1. The van der Waals surface area contributed by atoms with E-state index in [1.807, 2.05) is 25.7 Å². The highest BCUT2D eigenvalue weighted by molar-refractivity contribution is 7.98. The number of hydrogen-bond donors (Lipinski definition) is 1. The molecule has 0 unspecified atom stereocenters. The smallest absolute Gasteiger partial charge is 0.317 e. The highest BCUT2D eigenvalue weighted by atomic mass is 32.2. The van der Waals surface area contributed by atoms with Crippen molar-refractivity contribution in [2.24, 2.45) is 0 Å². The van der Waals surface area contributed by atoms with E-state index in [1.165, 1.54) is 25.0 Å². The van der Waals surface area contributed by atoms with E-state index in [1.54, 1.807) is 4.90 Å². The molecule has 0 aliphatic rings. The zero-order valence-electron chi connectivity index (χ0n) is 10.2. The van der Waals surface area contributed by atoms with Crippen molar-refractivity contribution in [3.8, 4) is 0 Å². The number of thioether (sulfide) groups is 1. The standard InChI is InChI=1S/C11H24N2OS/c1-4-13(2)11(14)12-9-7-5-6-8-10-15-3/h4-10H2,1-3H3,(H,12,14). The van der Waals surface area contributed by atoms with Crippen LogP contribution in [0.5, 0.6) is 0 Å². The molecule has 0 saturated heterocycles. The van der Waals surface area contributed by atoms with Crippen LogP contribution >= 0.6 is 11.8 Å². The minimum absolute atomic E-state index is 0.0432. The molecule has 90 valence electrons. The highest BCUT2D eigenvalue weighted by Gasteiger charge is 2.03. The van der Waals surface area contributed by atoms with Gasteiger partial charge in [0.05, 0.1) is 0 Å². The highest BCUT2D eigenvalue weighted by Crippen LogP contribution is 2.03. The monoisotopic (exact) mass is 232 g/mol. The van der Waals surface area contributed by atoms with E-state index in [0.29, 0.717) is 0 Å². The van der Waals surface area contributed by atoms with Crippen molar-refractivity contribution in [3.63, 3.8) is 0 Å². The fourth-order valence-electron chi connectivity index (χ4n) is 1.20. The van der Waals surface area contributed by atoms with Crippen molar-refractivity contribution in [2.75, 3.05) is 32.1 Å². The van der Waals surface area contributed by atoms with Gasteiger partial charge in [-0.3, -0.25) is 0 Å². The van der Waals surface area contributed by atoms with Crippen molar-refractivity contribution in [3.05, 3.63) is 0 Å². The Labute approximate surface area is 98.0 Å². The summed E-state index contributed by atoms with van der Waals surface area (Å²) >= 11 is 1.90. The van der Waals surface area contributed by atoms with Crippen LogP contribution < -0.4 is 5.32 Å². The van der Waals surface area contributed by atoms with Crippen molar-refractivity contribution < 1.29 is 4.79 Å². The van der Waals surface area contributed by atoms with Crippen molar-refractivity contribution in [2.45, 2.75) is 32.6 Å². The summed E-state index contributed by atoms with van der Waals surface area (Å²) in [6.07, 6.45) is 7.03. The predicted octanol–water partition coefficient (Wildman–Crippen LogP) is 2.57. The number of rotatable bonds is 8. The van der Waals surface area contributed by atoms with Crippen molar-refractivity contribution in [1.29, 1.82) is 0 Å². The van der Waals surface area contributed by atoms with E-state index in [4.69, 9.17) is 0 Å². The summed E-state index contributed by atoms with van der Waals surface area (Å²) in [5.41, 5.74) is 0. The number of unbranched alkanes of at least 4 members (excludes halogenated alkanes) is 3. The summed E-state index contributed by atoms with van der Waals surface area (Å²) in [6.45, 7) is 3.55. The van der Waals surface area contributed by atoms with Gasteiger partial charge in [-0.2, -0.15) is 11.8 Å². The molecule has 0 bridgehead atoms. The first-order chi connectivity index (χ1) is 7.22. The van der Waals surface area contributed by atoms with Gasteiger partial charge in [-0.1, -0.05) is 12.8 Å². The summed E-state index contributed by atoms with van der Waals surface area (Å²) in [5, 5.41) is 2.91. The molecule has 0 spiro atoms. The lowest BCUT2D eigenvalue weighted by atomic mass is 10.2. The lowest BCUT2D eigenvalue weighted by Crippen LogP contribution is -2.37. The molecule has 3 nitrogen and oxygen atoms in total. The molecule has 1 N–H and O–H groups in total. The molecule has 0 saturated carbocycles. The summed E-state index contributed by atoms with van der Waals surface area (Å²) in [5.74, 6) is 1.25. The molecule has 15 heavy (non-hydrogen) atoms. The van der Waals surface area contributed by atoms with Crippen LogP contribution in [0.15, 0.2) is 0 Å². The molecule has 2 amide bonds. The van der Waals surface area contributed by atoms with Gasteiger partial charge in [0, 0.05) is 20.1 Å². The molecule has 0 aromatic carbocycles. The summed E-state index contributed by atoms with van der Waals surface area (Å²) in [4.78, 5) is 13.0. The van der Waals surface area contributed by atoms with Crippen molar-refractivity contribution in [1.82, 2.24) is 10.2 Å². The number of carbonyl (C=O) groups excluding carboxylic acids is 1. The van der Waals surface area contributed by atoms with Gasteiger partial charge in [-0.15, -0.1) is 0 Å². The molecule has 0 aromatic rings. The van der Waals surface area contributed by atoms with Gasteiger partial charge in [0.15, 0.2) is 0 Å². The van der Waals surface area contributed by atoms with Crippen LogP contribution in [-0.2, 0) is 0 Å². The molecule has 0 heterocycles. The van der Waals surface area contributed by atoms with Crippen LogP contribution in [0.25, 0.3) is 0 Å². The molecular formula is C11H24N2OS. The molecule has 0 fully saturated rings. The SMILES string of the molecule is CCN(C)C(=O)NCCCCCCSC. The van der Waals surface area contributed by atoms with Gasteiger partial charge in [0.1, 0.15) is 0 Å². The van der Waals surface area contributed by atoms with Gasteiger partial charge >= 0.3 is 6.03 Å². The van der Waals surface area contributed by atoms with Crippen LogP contribution in [0.2, 0.25) is 0 Å². The second-order valence-corrected chi connectivity index (χ2v) is 4.64. The van der Waals surface area contributed by atoms with Crippen LogP contribution in [0.3, 0.4) is 0 Å². The Hall–Kier alpha value is -0.380. The second-order valence-electron chi connectivity index (χ2n) is 3.65. The van der Waals surface area contributed by atoms with E-state index in [0.717, 1.165) is 19.5 Å². The van der Waals surface area contributed by atoms with Crippen LogP contribution in [-0.4, -0.2) is 43.1 Å². The van der Waals surface area contributed by atoms with Crippen LogP contribution in [0.1, 0.15) is 32.6 Å². The maximum Gasteiger partial charge on any atom is 0.317 e. The Bertz CT molecular complexity index is 165. The van der Waals surface area contributed by atoms with E-state index >= 15 is 0 Å². The van der Waals surface area contributed by atoms with E-state index in [-0.39, 0.29) is 6.03 Å². The maximum absolute atomic E-state index is 11.3. The molecular weight excluding hydrogens is 208 g/mol. The first-order valence-corrected chi connectivity index (χ1v) is 7.09. The van der Waals surface area contributed by atoms with Crippen molar-refractivity contribution >= 4 is 17.8 Å². The van der Waals surface area contributed by atoms with Gasteiger partial charge in [-0.25, -0.2) is 4.79 Å². The first-order valence-electron chi connectivity index (χ1n) is 5.70. The molecule has 0 rings (SSSR count). The topological polar surface area (TPSA) is 32.3 Å². The molecule has 0 atom stereocenters. The maximum atomic E-state index is 11.3. The molecule has 4 heteroatoms. The Morgan fingerprint density at radius 2 is 1.93 bits per heavy atom. The molecule has 0 radical (unpaired) electrons. The largest absolute Gasteiger partial charge is 0.338 e. The average molecular weight is 232 g/mol. The summed E-state index contributed by atoms with van der Waals surface area (Å²) in [7, 11) is 1.81. The zero-order valence-corrected chi connectivity index (χ0v) is 11.0. The third-order valence-electron chi connectivity index (χ3n) is 2.37. The third kappa shape index (κ3) is 8.60. The Morgan fingerprint density at radius 3 is 2.53 bits per heavy atom. The van der Waals surface area contributed by atoms with Gasteiger partial charge < -0.3 is 10.2 Å². The lowest BCUT2D eigenvalue weighted by molar-refractivity contribution is 0.211. The van der Waals surface area contributed by atoms with E-state index in [9.17, 15) is 4.79 Å². The first kappa shape index (κ1) is 14.6. The Morgan fingerprint density at radius 1 is 1.27 bits per heavy atom. The van der Waals surface area contributed by atoms with Crippen LogP contribution in [0, 0.1) is 0 Å². The fraction of sp³-hybridized carbons (Fsp3) is 0.909. The number of nitrogens with one attached hydrogen (secondary N) is 1. The third-order valence-corrected chi connectivity index (χ3v) is 3.07. The van der Waals surface area contributed by atoms with Crippen LogP contribution in [0.4, 0.5) is 4.79 Å². The quantitative estimate of drug-likeness (QED) is 0.652. The number of nitrogens with zero attached hydrogens (tertiary/aromatic N) is 1. The Kier molecular flexibility index (Phi) is 9.89. The summed E-state index contributed by atoms with van der Waals surface area (Å²) in [6, 6.07) is 0.0432. The zero-order chi connectivity index (χ0) is 11.5. The average Bonchev–Trinajstić information content (AvgIpc) is 2.26. The van der Waals surface area contributed by atoms with Gasteiger partial charge in [0.2, 0.25) is 0 Å². The summed E-state index contributed by atoms with van der Waals surface area (Å²) < 4.78 is 0. The molecule has 0 aromatic heterocycles. The second kappa shape index (κ2) is 10.1. The normalized spacial score (nSPS) is 10.1. The minimum Gasteiger partial charge on any atom is -0.338 e. The lowest BCUT2D eigenvalue weighted by Gasteiger charge is -2.15. The minimum atomic E-state index is 0.0432. The molecule has 0 aliphatic carbocycles. The number of amides is 2. The fourth-order valence-corrected chi connectivity index (χ4v) is 1.69. The Balaban J connectivity index is 3.20. The number of carbonyl (C=O) groups is 1.